The van der Waals surface area contributed by atoms with E-state index in [0.29, 0.717) is 45.6 Å². The zero-order chi connectivity index (χ0) is 34.0. The van der Waals surface area contributed by atoms with Gasteiger partial charge in [-0.15, -0.1) is 11.3 Å². The Hall–Kier alpha value is -4.24. The van der Waals surface area contributed by atoms with E-state index in [2.05, 4.69) is 20.5 Å². The molecule has 0 saturated carbocycles. The number of piperidine rings is 1. The number of piperazine rings is 1. The van der Waals surface area contributed by atoms with Gasteiger partial charge in [0.1, 0.15) is 5.00 Å². The molecule has 256 valence electrons. The average Bonchev–Trinajstić information content (AvgIpc) is 3.54. The van der Waals surface area contributed by atoms with Crippen LogP contribution in [0, 0.1) is 0 Å². The molecule has 11 nitrogen and oxygen atoms in total. The topological polar surface area (TPSA) is 110 Å². The van der Waals surface area contributed by atoms with E-state index in [-0.39, 0.29) is 47.9 Å². The van der Waals surface area contributed by atoms with E-state index in [9.17, 15) is 27.6 Å². The lowest BCUT2D eigenvalue weighted by molar-refractivity contribution is -0.141. The van der Waals surface area contributed by atoms with E-state index < -0.39 is 29.8 Å². The summed E-state index contributed by atoms with van der Waals surface area (Å²) < 4.78 is 47.7. The second kappa shape index (κ2) is 14.1. The molecule has 0 unspecified atom stereocenters. The number of likely N-dealkylation sites (tertiary alicyclic amines) is 1. The van der Waals surface area contributed by atoms with Crippen LogP contribution in [0.2, 0.25) is 5.02 Å². The Labute approximate surface area is 284 Å². The zero-order valence-electron chi connectivity index (χ0n) is 26.1. The summed E-state index contributed by atoms with van der Waals surface area (Å²) in [6.07, 6.45) is -2.74. The third-order valence-corrected chi connectivity index (χ3v) is 10.2. The molecule has 2 fully saturated rings. The van der Waals surface area contributed by atoms with Crippen molar-refractivity contribution in [2.75, 3.05) is 61.8 Å². The lowest BCUT2D eigenvalue weighted by Crippen LogP contribution is -2.54. The van der Waals surface area contributed by atoms with Crippen molar-refractivity contribution in [3.63, 3.8) is 0 Å². The summed E-state index contributed by atoms with van der Waals surface area (Å²) in [6.45, 7) is 2.75. The highest BCUT2D eigenvalue weighted by atomic mass is 35.5. The maximum absolute atomic E-state index is 14.0. The van der Waals surface area contributed by atoms with Gasteiger partial charge in [0.05, 0.1) is 22.8 Å². The first-order valence-electron chi connectivity index (χ1n) is 15.6. The van der Waals surface area contributed by atoms with Crippen LogP contribution in [0.4, 0.5) is 39.1 Å². The first-order valence-corrected chi connectivity index (χ1v) is 16.9. The molecule has 2 aromatic heterocycles. The number of benzene rings is 1. The summed E-state index contributed by atoms with van der Waals surface area (Å²) in [5.41, 5.74) is 0.853. The van der Waals surface area contributed by atoms with Crippen molar-refractivity contribution < 1.29 is 32.3 Å². The summed E-state index contributed by atoms with van der Waals surface area (Å²) in [4.78, 5) is 51.1. The minimum absolute atomic E-state index is 0.0927. The molecule has 3 aliphatic heterocycles. The summed E-state index contributed by atoms with van der Waals surface area (Å²) >= 11 is 7.72. The Kier molecular flexibility index (Phi) is 9.88. The Morgan fingerprint density at radius 2 is 1.79 bits per heavy atom. The van der Waals surface area contributed by atoms with Crippen LogP contribution in [0.25, 0.3) is 0 Å². The maximum Gasteiger partial charge on any atom is 0.418 e. The van der Waals surface area contributed by atoms with Crippen LogP contribution in [0.5, 0.6) is 0 Å². The third kappa shape index (κ3) is 7.26. The number of ether oxygens (including phenoxy) is 1. The van der Waals surface area contributed by atoms with Crippen LogP contribution in [-0.2, 0) is 28.7 Å². The predicted octanol–water partition coefficient (Wildman–Crippen LogP) is 5.77. The normalized spacial score (nSPS) is 17.9. The summed E-state index contributed by atoms with van der Waals surface area (Å²) in [5.74, 6) is -0.494. The molecule has 1 aromatic carbocycles. The number of amides is 4. The third-order valence-electron chi connectivity index (χ3n) is 9.00. The van der Waals surface area contributed by atoms with Crippen molar-refractivity contribution >= 4 is 57.3 Å². The molecule has 0 aliphatic carbocycles. The van der Waals surface area contributed by atoms with E-state index in [1.165, 1.54) is 29.4 Å². The molecular formula is C32H35ClF3N7O4S. The number of pyridine rings is 1. The van der Waals surface area contributed by atoms with E-state index in [1.807, 2.05) is 23.6 Å². The lowest BCUT2D eigenvalue weighted by Gasteiger charge is -2.40. The second-order valence-electron chi connectivity index (χ2n) is 11.9. The number of rotatable bonds is 7. The van der Waals surface area contributed by atoms with Crippen molar-refractivity contribution in [2.45, 2.75) is 44.1 Å². The van der Waals surface area contributed by atoms with Crippen molar-refractivity contribution in [1.82, 2.24) is 19.7 Å². The van der Waals surface area contributed by atoms with Crippen LogP contribution < -0.4 is 15.5 Å². The fourth-order valence-electron chi connectivity index (χ4n) is 6.44. The molecule has 3 aliphatic rings. The second-order valence-corrected chi connectivity index (χ2v) is 13.2. The van der Waals surface area contributed by atoms with Gasteiger partial charge in [-0.1, -0.05) is 11.6 Å². The van der Waals surface area contributed by atoms with Gasteiger partial charge in [-0.05, 0) is 54.1 Å². The summed E-state index contributed by atoms with van der Waals surface area (Å²) in [5, 5.41) is 8.02. The van der Waals surface area contributed by atoms with Crippen molar-refractivity contribution in [3.8, 4) is 0 Å². The minimum atomic E-state index is -4.71. The minimum Gasteiger partial charge on any atom is -0.436 e. The molecule has 16 heteroatoms. The number of urea groups is 1. The molecule has 4 amide bonds. The number of nitrogens with zero attached hydrogens (tertiary/aromatic N) is 5. The molecule has 0 bridgehead atoms. The van der Waals surface area contributed by atoms with Gasteiger partial charge in [0.25, 0.3) is 5.91 Å². The van der Waals surface area contributed by atoms with Gasteiger partial charge < -0.3 is 29.7 Å². The molecular weight excluding hydrogens is 671 g/mol. The monoisotopic (exact) mass is 705 g/mol. The number of hydrogen-bond donors (Lipinski definition) is 2. The standard InChI is InChI=1S/C32H35ClF3N7O4S/c1-37-27-24(32(34,35)36)16-20(17-25(27)33)18-26(29(44)41-13-11-40(12-14-41)22-2-7-38-8-3-22)47-31(46)42-9-4-23(5-10-42)43-19-21-6-15-48-28(21)39-30(43)45/h2-3,6-8,15-17,23,26,37H,4-5,9-14,18-19H2,1H3,(H,39,45)/t26-/m1/s1. The number of hydrogen-bond acceptors (Lipinski definition) is 8. The van der Waals surface area contributed by atoms with Gasteiger partial charge in [-0.2, -0.15) is 13.2 Å². The zero-order valence-corrected chi connectivity index (χ0v) is 27.7. The molecule has 48 heavy (non-hydrogen) atoms. The molecule has 1 atom stereocenters. The van der Waals surface area contributed by atoms with Crippen LogP contribution in [0.3, 0.4) is 0 Å². The van der Waals surface area contributed by atoms with Gasteiger partial charge in [0.15, 0.2) is 6.10 Å². The van der Waals surface area contributed by atoms with Gasteiger partial charge >= 0.3 is 18.3 Å². The van der Waals surface area contributed by atoms with Crippen LogP contribution >= 0.6 is 22.9 Å². The van der Waals surface area contributed by atoms with Gasteiger partial charge in [-0.25, -0.2) is 9.59 Å². The van der Waals surface area contributed by atoms with Gasteiger partial charge in [0.2, 0.25) is 0 Å². The highest BCUT2D eigenvalue weighted by Gasteiger charge is 2.38. The van der Waals surface area contributed by atoms with Crippen LogP contribution in [-0.4, -0.2) is 96.2 Å². The highest BCUT2D eigenvalue weighted by Crippen LogP contribution is 2.40. The Balaban J connectivity index is 1.16. The number of nitrogens with one attached hydrogen (secondary N) is 2. The lowest BCUT2D eigenvalue weighted by atomic mass is 10.0. The number of aromatic nitrogens is 1. The molecule has 2 saturated heterocycles. The molecule has 0 spiro atoms. The van der Waals surface area contributed by atoms with Gasteiger partial charge in [-0.3, -0.25) is 15.1 Å². The molecule has 0 radical (unpaired) electrons. The SMILES string of the molecule is CNc1c(Cl)cc(C[C@@H](OC(=O)N2CCC(N3Cc4ccsc4NC3=O)CC2)C(=O)N2CCN(c3ccncc3)CC2)cc1C(F)(F)F. The van der Waals surface area contributed by atoms with Crippen LogP contribution in [0.1, 0.15) is 29.5 Å². The summed E-state index contributed by atoms with van der Waals surface area (Å²) in [7, 11) is 1.34. The van der Waals surface area contributed by atoms with E-state index >= 15 is 0 Å². The highest BCUT2D eigenvalue weighted by molar-refractivity contribution is 7.14. The number of alkyl halides is 3. The molecule has 3 aromatic rings. The number of halogens is 4. The first kappa shape index (κ1) is 33.7. The number of fused-ring (bicyclic) bond motifs is 1. The molecule has 5 heterocycles. The number of carbonyl (C=O) groups excluding carboxylic acids is 3. The Bertz CT molecular complexity index is 1640. The number of carbonyl (C=O) groups is 3. The Morgan fingerprint density at radius 3 is 2.46 bits per heavy atom. The molecule has 6 rings (SSSR count). The fraction of sp³-hybridized carbons (Fsp3) is 0.438. The fourth-order valence-corrected chi connectivity index (χ4v) is 7.58. The number of anilines is 3. The van der Waals surface area contributed by atoms with E-state index in [1.54, 1.807) is 22.2 Å². The van der Waals surface area contributed by atoms with E-state index in [0.717, 1.165) is 22.3 Å². The van der Waals surface area contributed by atoms with Gasteiger partial charge in [0, 0.05) is 82.4 Å². The number of thiophene rings is 1. The maximum atomic E-state index is 14.0. The Morgan fingerprint density at radius 1 is 1.08 bits per heavy atom. The van der Waals surface area contributed by atoms with Crippen molar-refractivity contribution in [1.29, 1.82) is 0 Å². The predicted molar refractivity (Wildman–Crippen MR) is 176 cm³/mol. The van der Waals surface area contributed by atoms with Crippen molar-refractivity contribution in [3.05, 3.63) is 69.8 Å². The van der Waals surface area contributed by atoms with E-state index in [4.69, 9.17) is 16.3 Å². The average molecular weight is 706 g/mol. The van der Waals surface area contributed by atoms with Crippen molar-refractivity contribution in [2.24, 2.45) is 0 Å². The summed E-state index contributed by atoms with van der Waals surface area (Å²) in [6, 6.07) is 7.74. The largest absolute Gasteiger partial charge is 0.436 e. The first-order chi connectivity index (χ1) is 23.0. The quantitative estimate of drug-likeness (QED) is 0.322. The van der Waals surface area contributed by atoms with Crippen LogP contribution in [0.15, 0.2) is 48.1 Å². The smallest absolute Gasteiger partial charge is 0.418 e. The molecule has 2 N–H and O–H groups in total.